The van der Waals surface area contributed by atoms with Gasteiger partial charge in [-0.05, 0) is 20.0 Å². The molecular weight excluding hydrogens is 197 g/mol. The first-order chi connectivity index (χ1) is 6.45. The van der Waals surface area contributed by atoms with E-state index in [2.05, 4.69) is 10.6 Å². The monoisotopic (exact) mass is 212 g/mol. The van der Waals surface area contributed by atoms with Crippen LogP contribution >= 0.6 is 0 Å². The molecule has 0 aliphatic rings. The Kier molecular flexibility index (Phi) is 6.27. The lowest BCUT2D eigenvalue weighted by atomic mass is 10.3. The number of amides is 1. The summed E-state index contributed by atoms with van der Waals surface area (Å²) in [4.78, 5) is 10.9. The van der Waals surface area contributed by atoms with Gasteiger partial charge >= 0.3 is 6.18 Å². The number of hydrogen-bond acceptors (Lipinski definition) is 2. The molecule has 0 atom stereocenters. The highest BCUT2D eigenvalue weighted by atomic mass is 19.4. The van der Waals surface area contributed by atoms with Gasteiger partial charge in [0.1, 0.15) is 0 Å². The number of rotatable bonds is 6. The molecule has 0 aromatic carbocycles. The normalized spacial score (nSPS) is 11.4. The van der Waals surface area contributed by atoms with Crippen molar-refractivity contribution in [2.75, 3.05) is 20.1 Å². The number of carbonyl (C=O) groups excluding carboxylic acids is 1. The highest BCUT2D eigenvalue weighted by molar-refractivity contribution is 5.75. The summed E-state index contributed by atoms with van der Waals surface area (Å²) >= 11 is 0. The van der Waals surface area contributed by atoms with E-state index in [9.17, 15) is 18.0 Å². The first-order valence-electron chi connectivity index (χ1n) is 4.44. The van der Waals surface area contributed by atoms with Crippen LogP contribution in [0.25, 0.3) is 0 Å². The molecule has 0 aliphatic heterocycles. The van der Waals surface area contributed by atoms with Crippen LogP contribution in [0.3, 0.4) is 0 Å². The maximum absolute atomic E-state index is 11.7. The van der Waals surface area contributed by atoms with Gasteiger partial charge < -0.3 is 10.6 Å². The van der Waals surface area contributed by atoms with Crippen LogP contribution in [-0.2, 0) is 4.79 Å². The number of nitrogens with one attached hydrogen (secondary N) is 2. The summed E-state index contributed by atoms with van der Waals surface area (Å²) in [6.45, 7) is 0.356. The summed E-state index contributed by atoms with van der Waals surface area (Å²) in [7, 11) is 1.75. The minimum absolute atomic E-state index is 0.263. The van der Waals surface area contributed by atoms with Gasteiger partial charge in [0, 0.05) is 13.0 Å². The van der Waals surface area contributed by atoms with Crippen molar-refractivity contribution in [2.24, 2.45) is 0 Å². The van der Waals surface area contributed by atoms with E-state index in [4.69, 9.17) is 0 Å². The third-order valence-corrected chi connectivity index (χ3v) is 1.56. The van der Waals surface area contributed by atoms with Crippen LogP contribution < -0.4 is 10.6 Å². The highest BCUT2D eigenvalue weighted by Crippen LogP contribution is 2.18. The Hall–Kier alpha value is -0.780. The Bertz CT molecular complexity index is 170. The Morgan fingerprint density at radius 1 is 1.29 bits per heavy atom. The SMILES string of the molecule is CNCCCC(=O)NCCC(F)(F)F. The first-order valence-corrected chi connectivity index (χ1v) is 4.44. The maximum atomic E-state index is 11.7. The summed E-state index contributed by atoms with van der Waals surface area (Å²) in [6.07, 6.45) is -4.27. The van der Waals surface area contributed by atoms with Crippen molar-refractivity contribution in [1.82, 2.24) is 10.6 Å². The van der Waals surface area contributed by atoms with Crippen LogP contribution in [0.4, 0.5) is 13.2 Å². The van der Waals surface area contributed by atoms with Crippen LogP contribution in [-0.4, -0.2) is 32.2 Å². The fourth-order valence-electron chi connectivity index (χ4n) is 0.858. The molecule has 0 aliphatic carbocycles. The van der Waals surface area contributed by atoms with Crippen LogP contribution in [0.5, 0.6) is 0 Å². The third-order valence-electron chi connectivity index (χ3n) is 1.56. The molecule has 6 heteroatoms. The van der Waals surface area contributed by atoms with Gasteiger partial charge in [0.05, 0.1) is 6.42 Å². The molecule has 0 rings (SSSR count). The van der Waals surface area contributed by atoms with E-state index >= 15 is 0 Å². The summed E-state index contributed by atoms with van der Waals surface area (Å²) in [5.74, 6) is -0.329. The maximum Gasteiger partial charge on any atom is 0.390 e. The van der Waals surface area contributed by atoms with E-state index < -0.39 is 12.6 Å². The molecule has 2 N–H and O–H groups in total. The van der Waals surface area contributed by atoms with Gasteiger partial charge in [0.25, 0.3) is 0 Å². The second-order valence-corrected chi connectivity index (χ2v) is 2.92. The number of alkyl halides is 3. The van der Waals surface area contributed by atoms with Gasteiger partial charge in [-0.1, -0.05) is 0 Å². The molecule has 0 heterocycles. The van der Waals surface area contributed by atoms with E-state index in [0.717, 1.165) is 0 Å². The molecule has 0 bridgehead atoms. The van der Waals surface area contributed by atoms with Gasteiger partial charge in [-0.15, -0.1) is 0 Å². The number of hydrogen-bond donors (Lipinski definition) is 2. The lowest BCUT2D eigenvalue weighted by Gasteiger charge is -2.07. The first kappa shape index (κ1) is 13.2. The van der Waals surface area contributed by atoms with E-state index in [1.807, 2.05) is 0 Å². The third kappa shape index (κ3) is 9.31. The van der Waals surface area contributed by atoms with Crippen LogP contribution in [0.15, 0.2) is 0 Å². The van der Waals surface area contributed by atoms with Gasteiger partial charge in [-0.3, -0.25) is 4.79 Å². The van der Waals surface area contributed by atoms with Crippen molar-refractivity contribution in [3.8, 4) is 0 Å². The highest BCUT2D eigenvalue weighted by Gasteiger charge is 2.26. The van der Waals surface area contributed by atoms with Crippen LogP contribution in [0.2, 0.25) is 0 Å². The number of halogens is 3. The second kappa shape index (κ2) is 6.64. The van der Waals surface area contributed by atoms with Crippen molar-refractivity contribution in [2.45, 2.75) is 25.4 Å². The molecule has 14 heavy (non-hydrogen) atoms. The summed E-state index contributed by atoms with van der Waals surface area (Å²) in [5, 5.41) is 5.05. The molecule has 1 amide bonds. The Balaban J connectivity index is 3.36. The average molecular weight is 212 g/mol. The Morgan fingerprint density at radius 2 is 1.93 bits per heavy atom. The van der Waals surface area contributed by atoms with Crippen molar-refractivity contribution < 1.29 is 18.0 Å². The van der Waals surface area contributed by atoms with E-state index in [-0.39, 0.29) is 18.9 Å². The largest absolute Gasteiger partial charge is 0.390 e. The molecule has 84 valence electrons. The van der Waals surface area contributed by atoms with Crippen molar-refractivity contribution in [3.63, 3.8) is 0 Å². The van der Waals surface area contributed by atoms with Gasteiger partial charge in [0.2, 0.25) is 5.91 Å². The molecule has 0 spiro atoms. The molecule has 3 nitrogen and oxygen atoms in total. The topological polar surface area (TPSA) is 41.1 Å². The van der Waals surface area contributed by atoms with Crippen molar-refractivity contribution in [1.29, 1.82) is 0 Å². The van der Waals surface area contributed by atoms with Gasteiger partial charge in [-0.25, -0.2) is 0 Å². The van der Waals surface area contributed by atoms with Crippen molar-refractivity contribution >= 4 is 5.91 Å². The fraction of sp³-hybridized carbons (Fsp3) is 0.875. The second-order valence-electron chi connectivity index (χ2n) is 2.92. The van der Waals surface area contributed by atoms with Gasteiger partial charge in [-0.2, -0.15) is 13.2 Å². The Morgan fingerprint density at radius 3 is 2.43 bits per heavy atom. The summed E-state index contributed by atoms with van der Waals surface area (Å²) in [6, 6.07) is 0. The van der Waals surface area contributed by atoms with Gasteiger partial charge in [0.15, 0.2) is 0 Å². The van der Waals surface area contributed by atoms with E-state index in [1.165, 1.54) is 0 Å². The molecule has 0 aromatic rings. The lowest BCUT2D eigenvalue weighted by molar-refractivity contribution is -0.135. The Labute approximate surface area is 81.1 Å². The predicted molar refractivity (Wildman–Crippen MR) is 46.8 cm³/mol. The quantitative estimate of drug-likeness (QED) is 0.646. The zero-order valence-corrected chi connectivity index (χ0v) is 8.08. The molecule has 0 fully saturated rings. The zero-order valence-electron chi connectivity index (χ0n) is 8.08. The minimum atomic E-state index is -4.20. The minimum Gasteiger partial charge on any atom is -0.356 e. The van der Waals surface area contributed by atoms with Crippen molar-refractivity contribution in [3.05, 3.63) is 0 Å². The number of carbonyl (C=O) groups is 1. The van der Waals surface area contributed by atoms with Crippen LogP contribution in [0, 0.1) is 0 Å². The molecule has 0 aromatic heterocycles. The van der Waals surface area contributed by atoms with E-state index in [1.54, 1.807) is 7.05 Å². The molecule has 0 saturated heterocycles. The molecule has 0 unspecified atom stereocenters. The molecule has 0 saturated carbocycles. The summed E-state index contributed by atoms with van der Waals surface area (Å²) in [5.41, 5.74) is 0. The standard InChI is InChI=1S/C8H15F3N2O/c1-12-5-2-3-7(14)13-6-4-8(9,10)11/h12H,2-6H2,1H3,(H,13,14). The molecule has 0 radical (unpaired) electrons. The lowest BCUT2D eigenvalue weighted by Crippen LogP contribution is -2.28. The average Bonchev–Trinajstić information content (AvgIpc) is 2.02. The smallest absolute Gasteiger partial charge is 0.356 e. The molecular formula is C8H15F3N2O. The predicted octanol–water partition coefficient (Wildman–Crippen LogP) is 1.05. The fourth-order valence-corrected chi connectivity index (χ4v) is 0.858. The van der Waals surface area contributed by atoms with Crippen LogP contribution in [0.1, 0.15) is 19.3 Å². The summed E-state index contributed by atoms with van der Waals surface area (Å²) < 4.78 is 35.0. The zero-order chi connectivity index (χ0) is 11.0. The van der Waals surface area contributed by atoms with E-state index in [0.29, 0.717) is 13.0 Å².